The summed E-state index contributed by atoms with van der Waals surface area (Å²) >= 11 is 11.8. The van der Waals surface area contributed by atoms with Gasteiger partial charge in [-0.1, -0.05) is 43.1 Å². The Morgan fingerprint density at radius 3 is 2.60 bits per heavy atom. The van der Waals surface area contributed by atoms with Crippen LogP contribution >= 0.6 is 23.2 Å². The maximum absolute atomic E-state index is 11.3. The summed E-state index contributed by atoms with van der Waals surface area (Å²) < 4.78 is 1.64. The minimum Gasteiger partial charge on any atom is -0.478 e. The van der Waals surface area contributed by atoms with Crippen molar-refractivity contribution in [1.29, 1.82) is 0 Å². The molecule has 106 valence electrons. The molecule has 0 radical (unpaired) electrons. The highest BCUT2D eigenvalue weighted by Crippen LogP contribution is 2.29. The predicted molar refractivity (Wildman–Crippen MR) is 79.5 cm³/mol. The third kappa shape index (κ3) is 3.14. The van der Waals surface area contributed by atoms with E-state index in [2.05, 4.69) is 5.10 Å². The van der Waals surface area contributed by atoms with Gasteiger partial charge in [0.25, 0.3) is 0 Å². The fourth-order valence-electron chi connectivity index (χ4n) is 1.90. The molecule has 0 bridgehead atoms. The van der Waals surface area contributed by atoms with E-state index in [9.17, 15) is 9.90 Å². The average molecular weight is 313 g/mol. The normalized spacial score (nSPS) is 11.1. The first kappa shape index (κ1) is 14.9. The van der Waals surface area contributed by atoms with Gasteiger partial charge in [0, 0.05) is 18.3 Å². The molecule has 20 heavy (non-hydrogen) atoms. The van der Waals surface area contributed by atoms with Crippen LogP contribution in [0, 0.1) is 5.92 Å². The summed E-state index contributed by atoms with van der Waals surface area (Å²) in [7, 11) is 0. The Morgan fingerprint density at radius 1 is 1.35 bits per heavy atom. The van der Waals surface area contributed by atoms with Gasteiger partial charge in [0.2, 0.25) is 0 Å². The van der Waals surface area contributed by atoms with Gasteiger partial charge in [0.15, 0.2) is 0 Å². The quantitative estimate of drug-likeness (QED) is 0.920. The van der Waals surface area contributed by atoms with Crippen molar-refractivity contribution >= 4 is 29.2 Å². The average Bonchev–Trinajstić information content (AvgIpc) is 2.76. The Hall–Kier alpha value is -1.52. The molecule has 2 aromatic rings. The van der Waals surface area contributed by atoms with Gasteiger partial charge in [0.05, 0.1) is 10.0 Å². The van der Waals surface area contributed by atoms with Crippen molar-refractivity contribution in [3.63, 3.8) is 0 Å². The van der Waals surface area contributed by atoms with Crippen LogP contribution in [0.25, 0.3) is 11.3 Å². The number of aromatic carboxylic acids is 1. The maximum Gasteiger partial charge on any atom is 0.339 e. The van der Waals surface area contributed by atoms with E-state index < -0.39 is 5.97 Å². The lowest BCUT2D eigenvalue weighted by atomic mass is 10.1. The number of halogens is 2. The fraction of sp³-hybridized carbons (Fsp3) is 0.286. The zero-order valence-corrected chi connectivity index (χ0v) is 12.6. The lowest BCUT2D eigenvalue weighted by Gasteiger charge is -2.04. The zero-order valence-electron chi connectivity index (χ0n) is 11.1. The van der Waals surface area contributed by atoms with Gasteiger partial charge in [-0.2, -0.15) is 5.10 Å². The smallest absolute Gasteiger partial charge is 0.339 e. The first-order valence-corrected chi connectivity index (χ1v) is 6.90. The van der Waals surface area contributed by atoms with E-state index in [0.717, 1.165) is 0 Å². The summed E-state index contributed by atoms with van der Waals surface area (Å²) in [6.07, 6.45) is 1.54. The molecule has 0 aliphatic carbocycles. The number of hydrogen-bond donors (Lipinski definition) is 1. The lowest BCUT2D eigenvalue weighted by Crippen LogP contribution is -2.04. The molecule has 0 fully saturated rings. The number of aromatic nitrogens is 2. The molecule has 1 N–H and O–H groups in total. The van der Waals surface area contributed by atoms with Crippen molar-refractivity contribution < 1.29 is 9.90 Å². The largest absolute Gasteiger partial charge is 0.478 e. The lowest BCUT2D eigenvalue weighted by molar-refractivity contribution is 0.0697. The van der Waals surface area contributed by atoms with Gasteiger partial charge in [-0.05, 0) is 18.1 Å². The SMILES string of the molecule is CC(C)Cn1cc(C(=O)O)c(-c2ccc(Cl)c(Cl)c2)n1. The number of carbonyl (C=O) groups is 1. The number of hydrogen-bond acceptors (Lipinski definition) is 2. The Kier molecular flexibility index (Phi) is 4.35. The van der Waals surface area contributed by atoms with E-state index in [1.165, 1.54) is 0 Å². The summed E-state index contributed by atoms with van der Waals surface area (Å²) in [4.78, 5) is 11.3. The molecule has 1 heterocycles. The van der Waals surface area contributed by atoms with Crippen molar-refractivity contribution in [1.82, 2.24) is 9.78 Å². The van der Waals surface area contributed by atoms with Crippen LogP contribution < -0.4 is 0 Å². The van der Waals surface area contributed by atoms with Crippen LogP contribution in [0.2, 0.25) is 10.0 Å². The van der Waals surface area contributed by atoms with Gasteiger partial charge < -0.3 is 5.11 Å². The van der Waals surface area contributed by atoms with E-state index in [1.54, 1.807) is 29.1 Å². The molecular weight excluding hydrogens is 299 g/mol. The van der Waals surface area contributed by atoms with Crippen LogP contribution in [0.15, 0.2) is 24.4 Å². The molecule has 1 aromatic heterocycles. The molecule has 6 heteroatoms. The highest BCUT2D eigenvalue weighted by molar-refractivity contribution is 6.42. The van der Waals surface area contributed by atoms with Crippen molar-refractivity contribution in [2.75, 3.05) is 0 Å². The van der Waals surface area contributed by atoms with Gasteiger partial charge >= 0.3 is 5.97 Å². The highest BCUT2D eigenvalue weighted by atomic mass is 35.5. The van der Waals surface area contributed by atoms with Gasteiger partial charge in [-0.25, -0.2) is 4.79 Å². The third-order valence-corrected chi connectivity index (χ3v) is 3.48. The predicted octanol–water partition coefficient (Wildman–Crippen LogP) is 4.21. The zero-order chi connectivity index (χ0) is 14.9. The van der Waals surface area contributed by atoms with Crippen LogP contribution in [-0.2, 0) is 6.54 Å². The molecule has 0 unspecified atom stereocenters. The van der Waals surface area contributed by atoms with E-state index in [4.69, 9.17) is 23.2 Å². The first-order chi connectivity index (χ1) is 9.38. The second kappa shape index (κ2) is 5.85. The summed E-state index contributed by atoms with van der Waals surface area (Å²) in [5.74, 6) is -0.640. The Balaban J connectivity index is 2.50. The van der Waals surface area contributed by atoms with Gasteiger partial charge in [-0.15, -0.1) is 0 Å². The van der Waals surface area contributed by atoms with Crippen LogP contribution in [0.3, 0.4) is 0 Å². The Bertz CT molecular complexity index is 651. The Morgan fingerprint density at radius 2 is 2.05 bits per heavy atom. The molecule has 0 saturated carbocycles. The monoisotopic (exact) mass is 312 g/mol. The highest BCUT2D eigenvalue weighted by Gasteiger charge is 2.18. The summed E-state index contributed by atoms with van der Waals surface area (Å²) in [5.41, 5.74) is 1.19. The summed E-state index contributed by atoms with van der Waals surface area (Å²) in [6.45, 7) is 4.74. The molecule has 4 nitrogen and oxygen atoms in total. The van der Waals surface area contributed by atoms with Crippen molar-refractivity contribution in [3.05, 3.63) is 40.0 Å². The molecule has 2 rings (SSSR count). The maximum atomic E-state index is 11.3. The number of rotatable bonds is 4. The number of benzene rings is 1. The second-order valence-corrected chi connectivity index (χ2v) is 5.76. The molecule has 0 aliphatic heterocycles. The van der Waals surface area contributed by atoms with Crippen LogP contribution in [0.1, 0.15) is 24.2 Å². The van der Waals surface area contributed by atoms with Crippen molar-refractivity contribution in [3.8, 4) is 11.3 Å². The molecule has 0 spiro atoms. The van der Waals surface area contributed by atoms with Crippen molar-refractivity contribution in [2.45, 2.75) is 20.4 Å². The van der Waals surface area contributed by atoms with Crippen LogP contribution in [0.5, 0.6) is 0 Å². The molecule has 0 amide bonds. The number of carboxylic acid groups (broad SMARTS) is 1. The first-order valence-electron chi connectivity index (χ1n) is 6.14. The third-order valence-electron chi connectivity index (χ3n) is 2.74. The Labute approximate surface area is 126 Å². The second-order valence-electron chi connectivity index (χ2n) is 4.94. The van der Waals surface area contributed by atoms with Gasteiger partial charge in [-0.3, -0.25) is 4.68 Å². The summed E-state index contributed by atoms with van der Waals surface area (Å²) in [5, 5.41) is 14.4. The summed E-state index contributed by atoms with van der Waals surface area (Å²) in [6, 6.07) is 4.97. The van der Waals surface area contributed by atoms with E-state index in [0.29, 0.717) is 33.8 Å². The van der Waals surface area contributed by atoms with Gasteiger partial charge in [0.1, 0.15) is 11.3 Å². The van der Waals surface area contributed by atoms with Crippen LogP contribution in [0.4, 0.5) is 0 Å². The van der Waals surface area contributed by atoms with Crippen LogP contribution in [-0.4, -0.2) is 20.9 Å². The van der Waals surface area contributed by atoms with E-state index in [-0.39, 0.29) is 5.56 Å². The van der Waals surface area contributed by atoms with E-state index >= 15 is 0 Å². The molecular formula is C14H14Cl2N2O2. The van der Waals surface area contributed by atoms with E-state index in [1.807, 2.05) is 13.8 Å². The number of carboxylic acids is 1. The molecule has 0 aliphatic rings. The minimum absolute atomic E-state index is 0.157. The topological polar surface area (TPSA) is 55.1 Å². The minimum atomic E-state index is -1.01. The standard InChI is InChI=1S/C14H14Cl2N2O2/c1-8(2)6-18-7-10(14(19)20)13(17-18)9-3-4-11(15)12(16)5-9/h3-5,7-8H,6H2,1-2H3,(H,19,20). The molecule has 0 atom stereocenters. The van der Waals surface area contributed by atoms with Crippen molar-refractivity contribution in [2.24, 2.45) is 5.92 Å². The fourth-order valence-corrected chi connectivity index (χ4v) is 2.20. The molecule has 1 aromatic carbocycles. The number of nitrogens with zero attached hydrogens (tertiary/aromatic N) is 2. The molecule has 0 saturated heterocycles.